The van der Waals surface area contributed by atoms with Crippen LogP contribution in [0.5, 0.6) is 0 Å². The minimum absolute atomic E-state index is 0.0786. The molecule has 0 bridgehead atoms. The molecule has 10 heteroatoms. The molecular weight excluding hydrogens is 380 g/mol. The molecule has 1 saturated carbocycles. The highest BCUT2D eigenvalue weighted by Crippen LogP contribution is 2.47. The number of hydrogen-bond donors (Lipinski definition) is 1. The Labute approximate surface area is 167 Å². The number of rotatable bonds is 1. The molecular formula is C18H23ClN8O. The van der Waals surface area contributed by atoms with Crippen LogP contribution in [0.4, 0.5) is 5.82 Å². The lowest BCUT2D eigenvalue weighted by molar-refractivity contribution is 0.0117. The van der Waals surface area contributed by atoms with Crippen molar-refractivity contribution in [2.75, 3.05) is 11.5 Å². The monoisotopic (exact) mass is 402 g/mol. The average molecular weight is 403 g/mol. The normalized spacial score (nSPS) is 33.9. The summed E-state index contributed by atoms with van der Waals surface area (Å²) in [6, 6.07) is 0.355. The molecule has 1 saturated heterocycles. The predicted octanol–water partition coefficient (Wildman–Crippen LogP) is 2.45. The molecule has 2 fully saturated rings. The summed E-state index contributed by atoms with van der Waals surface area (Å²) < 4.78 is 10.0. The highest BCUT2D eigenvalue weighted by molar-refractivity contribution is 6.28. The van der Waals surface area contributed by atoms with Gasteiger partial charge in [-0.15, -0.1) is 10.2 Å². The molecule has 1 N–H and O–H groups in total. The zero-order chi connectivity index (χ0) is 18.9. The van der Waals surface area contributed by atoms with Crippen molar-refractivity contribution in [2.24, 2.45) is 11.0 Å². The lowest BCUT2D eigenvalue weighted by Crippen LogP contribution is -2.55. The van der Waals surface area contributed by atoms with Gasteiger partial charge in [0.15, 0.2) is 0 Å². The third kappa shape index (κ3) is 2.17. The van der Waals surface area contributed by atoms with Gasteiger partial charge in [0.1, 0.15) is 17.6 Å². The highest BCUT2D eigenvalue weighted by Gasteiger charge is 2.49. The molecule has 3 aliphatic heterocycles. The minimum Gasteiger partial charge on any atom is -0.369 e. The number of nitrogens with one attached hydrogen (secondary N) is 1. The van der Waals surface area contributed by atoms with Gasteiger partial charge in [-0.2, -0.15) is 4.68 Å². The van der Waals surface area contributed by atoms with Crippen molar-refractivity contribution < 1.29 is 4.74 Å². The van der Waals surface area contributed by atoms with Crippen LogP contribution in [-0.2, 0) is 10.3 Å². The second-order valence-corrected chi connectivity index (χ2v) is 8.68. The first-order valence-corrected chi connectivity index (χ1v) is 10.5. The number of hydrazone groups is 1. The van der Waals surface area contributed by atoms with E-state index in [-0.39, 0.29) is 6.17 Å². The highest BCUT2D eigenvalue weighted by atomic mass is 35.5. The number of fused-ring (bicyclic) bond motifs is 6. The lowest BCUT2D eigenvalue weighted by atomic mass is 9.80. The second-order valence-electron chi connectivity index (χ2n) is 8.34. The number of anilines is 1. The Balaban J connectivity index is 1.46. The van der Waals surface area contributed by atoms with Crippen molar-refractivity contribution in [3.05, 3.63) is 23.4 Å². The van der Waals surface area contributed by atoms with Gasteiger partial charge in [0.2, 0.25) is 5.28 Å². The molecule has 6 rings (SSSR count). The Morgan fingerprint density at radius 1 is 1.25 bits per heavy atom. The lowest BCUT2D eigenvalue weighted by Gasteiger charge is -2.45. The van der Waals surface area contributed by atoms with E-state index in [1.54, 1.807) is 6.20 Å². The van der Waals surface area contributed by atoms with Gasteiger partial charge in [-0.1, -0.05) is 18.1 Å². The number of ether oxygens (including phenoxy) is 1. The van der Waals surface area contributed by atoms with Crippen LogP contribution in [0.25, 0.3) is 0 Å². The summed E-state index contributed by atoms with van der Waals surface area (Å²) >= 11 is 6.51. The van der Waals surface area contributed by atoms with Crippen LogP contribution in [0.3, 0.4) is 0 Å². The molecule has 2 aromatic rings. The van der Waals surface area contributed by atoms with Gasteiger partial charge < -0.3 is 4.74 Å². The third-order valence-corrected chi connectivity index (χ3v) is 7.07. The van der Waals surface area contributed by atoms with Crippen LogP contribution in [-0.4, -0.2) is 43.3 Å². The maximum Gasteiger partial charge on any atom is 0.252 e. The van der Waals surface area contributed by atoms with Gasteiger partial charge in [0.25, 0.3) is 5.96 Å². The quantitative estimate of drug-likeness (QED) is 0.788. The van der Waals surface area contributed by atoms with E-state index in [0.717, 1.165) is 43.8 Å². The number of hydrogen-bond acceptors (Lipinski definition) is 7. The van der Waals surface area contributed by atoms with Gasteiger partial charge in [0.05, 0.1) is 18.1 Å². The summed E-state index contributed by atoms with van der Waals surface area (Å²) in [6.45, 7) is 2.86. The fourth-order valence-corrected chi connectivity index (χ4v) is 5.67. The first kappa shape index (κ1) is 16.8. The van der Waals surface area contributed by atoms with Gasteiger partial charge in [-0.05, 0) is 44.2 Å². The van der Waals surface area contributed by atoms with E-state index < -0.39 is 5.60 Å². The standard InChI is InChI=1S/C18H23ClN8O/c1-18(7-4-8-28-18)13-9-21-24-27(13)17-23-22-15-11-5-2-3-6-12(11)25-14(26(15)17)10-20-16(25)19/h9-12,15,22H,2-8H2,1H3. The van der Waals surface area contributed by atoms with Gasteiger partial charge in [-0.25, -0.2) is 4.98 Å². The maximum absolute atomic E-state index is 6.51. The maximum atomic E-state index is 6.51. The van der Waals surface area contributed by atoms with Gasteiger partial charge in [-0.3, -0.25) is 14.9 Å². The summed E-state index contributed by atoms with van der Waals surface area (Å²) in [5, 5.41) is 13.8. The molecule has 0 radical (unpaired) electrons. The van der Waals surface area contributed by atoms with Crippen LogP contribution < -0.4 is 10.3 Å². The third-order valence-electron chi connectivity index (χ3n) is 6.79. The summed E-state index contributed by atoms with van der Waals surface area (Å²) in [5.74, 6) is 2.08. The van der Waals surface area contributed by atoms with Crippen LogP contribution in [0.2, 0.25) is 5.28 Å². The summed E-state index contributed by atoms with van der Waals surface area (Å²) in [7, 11) is 0. The second kappa shape index (κ2) is 5.93. The van der Waals surface area contributed by atoms with Crippen molar-refractivity contribution in [1.82, 2.24) is 30.0 Å². The number of nitrogens with zero attached hydrogens (tertiary/aromatic N) is 7. The van der Waals surface area contributed by atoms with E-state index >= 15 is 0 Å². The molecule has 4 atom stereocenters. The smallest absolute Gasteiger partial charge is 0.252 e. The van der Waals surface area contributed by atoms with Gasteiger partial charge >= 0.3 is 0 Å². The van der Waals surface area contributed by atoms with Crippen molar-refractivity contribution in [3.8, 4) is 0 Å². The Bertz CT molecular complexity index is 945. The van der Waals surface area contributed by atoms with E-state index in [0.29, 0.717) is 23.2 Å². The molecule has 5 heterocycles. The molecule has 2 aromatic heterocycles. The van der Waals surface area contributed by atoms with Crippen molar-refractivity contribution in [1.29, 1.82) is 0 Å². The Morgan fingerprint density at radius 3 is 3.00 bits per heavy atom. The van der Waals surface area contributed by atoms with E-state index in [4.69, 9.17) is 21.4 Å². The van der Waals surface area contributed by atoms with E-state index in [9.17, 15) is 0 Å². The molecule has 4 aliphatic rings. The zero-order valence-corrected chi connectivity index (χ0v) is 16.5. The number of imidazole rings is 1. The predicted molar refractivity (Wildman–Crippen MR) is 103 cm³/mol. The number of aromatic nitrogens is 5. The van der Waals surface area contributed by atoms with Crippen molar-refractivity contribution >= 4 is 23.4 Å². The molecule has 4 unspecified atom stereocenters. The van der Waals surface area contributed by atoms with Crippen LogP contribution in [0.15, 0.2) is 17.5 Å². The molecule has 0 amide bonds. The molecule has 28 heavy (non-hydrogen) atoms. The molecule has 0 aromatic carbocycles. The molecule has 148 valence electrons. The summed E-state index contributed by atoms with van der Waals surface area (Å²) in [4.78, 5) is 6.60. The fourth-order valence-electron chi connectivity index (χ4n) is 5.41. The minimum atomic E-state index is -0.398. The van der Waals surface area contributed by atoms with Crippen LogP contribution in [0, 0.1) is 5.92 Å². The first-order valence-electron chi connectivity index (χ1n) is 10.1. The largest absolute Gasteiger partial charge is 0.369 e. The topological polar surface area (TPSA) is 85.4 Å². The van der Waals surface area contributed by atoms with E-state index in [2.05, 4.69) is 37.1 Å². The number of halogens is 1. The van der Waals surface area contributed by atoms with Crippen molar-refractivity contribution in [2.45, 2.75) is 63.3 Å². The SMILES string of the molecule is CC1(c2cnnn2C2=NNC3C4CCCCC4n4c(cnc4Cl)N23)CCCO1. The Kier molecular flexibility index (Phi) is 3.56. The molecule has 9 nitrogen and oxygen atoms in total. The molecule has 0 spiro atoms. The first-order chi connectivity index (χ1) is 13.7. The van der Waals surface area contributed by atoms with Gasteiger partial charge in [0, 0.05) is 18.6 Å². The Morgan fingerprint density at radius 2 is 2.14 bits per heavy atom. The Hall–Kier alpha value is -2.13. The van der Waals surface area contributed by atoms with Crippen LogP contribution >= 0.6 is 11.6 Å². The fraction of sp³-hybridized carbons (Fsp3) is 0.667. The molecule has 1 aliphatic carbocycles. The average Bonchev–Trinajstić information content (AvgIpc) is 3.47. The van der Waals surface area contributed by atoms with Crippen LogP contribution in [0.1, 0.15) is 57.2 Å². The van der Waals surface area contributed by atoms with E-state index in [1.165, 1.54) is 12.8 Å². The summed E-state index contributed by atoms with van der Waals surface area (Å²) in [5.41, 5.74) is 3.90. The van der Waals surface area contributed by atoms with Crippen molar-refractivity contribution in [3.63, 3.8) is 0 Å². The van der Waals surface area contributed by atoms with E-state index in [1.807, 2.05) is 10.9 Å². The zero-order valence-electron chi connectivity index (χ0n) is 15.8. The summed E-state index contributed by atoms with van der Waals surface area (Å²) in [6.07, 6.45) is 10.4.